The van der Waals surface area contributed by atoms with Gasteiger partial charge in [-0.15, -0.1) is 5.10 Å². The summed E-state index contributed by atoms with van der Waals surface area (Å²) in [6, 6.07) is 9.78. The molecule has 90 valence electrons. The van der Waals surface area contributed by atoms with Gasteiger partial charge in [-0.05, 0) is 30.7 Å². The van der Waals surface area contributed by atoms with Gasteiger partial charge < -0.3 is 5.73 Å². The van der Waals surface area contributed by atoms with E-state index in [4.69, 9.17) is 5.73 Å². The van der Waals surface area contributed by atoms with E-state index in [1.165, 1.54) is 0 Å². The molecule has 4 nitrogen and oxygen atoms in total. The van der Waals surface area contributed by atoms with Crippen LogP contribution in [0.4, 0.5) is 5.69 Å². The van der Waals surface area contributed by atoms with Gasteiger partial charge in [0.2, 0.25) is 0 Å². The van der Waals surface area contributed by atoms with Crippen LogP contribution < -0.4 is 5.73 Å². The first-order valence-corrected chi connectivity index (χ1v) is 6.31. The van der Waals surface area contributed by atoms with Crippen molar-refractivity contribution in [3.05, 3.63) is 46.6 Å². The summed E-state index contributed by atoms with van der Waals surface area (Å²) in [5.41, 5.74) is 9.30. The maximum atomic E-state index is 5.95. The van der Waals surface area contributed by atoms with Crippen LogP contribution in [-0.2, 0) is 0 Å². The third kappa shape index (κ3) is 1.86. The zero-order valence-corrected chi connectivity index (χ0v) is 11.3. The topological polar surface area (TPSA) is 56.2 Å². The second kappa shape index (κ2) is 4.10. The zero-order chi connectivity index (χ0) is 12.7. The Labute approximate surface area is 113 Å². The number of hydrogen-bond donors (Lipinski definition) is 1. The van der Waals surface area contributed by atoms with Crippen molar-refractivity contribution in [2.45, 2.75) is 6.92 Å². The average molecular weight is 303 g/mol. The van der Waals surface area contributed by atoms with Gasteiger partial charge in [0.1, 0.15) is 0 Å². The standard InChI is InChI=1S/C13H11BrN4/c1-8-5-11(15)13-16-12(17-18(13)7-8)9-3-2-4-10(14)6-9/h2-7H,15H2,1H3. The number of aromatic nitrogens is 3. The van der Waals surface area contributed by atoms with Gasteiger partial charge in [-0.25, -0.2) is 9.50 Å². The molecule has 0 spiro atoms. The largest absolute Gasteiger partial charge is 0.396 e. The van der Waals surface area contributed by atoms with Gasteiger partial charge in [-0.1, -0.05) is 28.1 Å². The molecule has 5 heteroatoms. The van der Waals surface area contributed by atoms with Crippen LogP contribution in [0.5, 0.6) is 0 Å². The van der Waals surface area contributed by atoms with Gasteiger partial charge >= 0.3 is 0 Å². The highest BCUT2D eigenvalue weighted by molar-refractivity contribution is 9.10. The molecule has 0 unspecified atom stereocenters. The lowest BCUT2D eigenvalue weighted by atomic mass is 10.2. The van der Waals surface area contributed by atoms with Crippen molar-refractivity contribution in [1.82, 2.24) is 14.6 Å². The van der Waals surface area contributed by atoms with Gasteiger partial charge in [-0.2, -0.15) is 0 Å². The molecule has 2 heterocycles. The summed E-state index contributed by atoms with van der Waals surface area (Å²) in [6.07, 6.45) is 1.92. The lowest BCUT2D eigenvalue weighted by molar-refractivity contribution is 0.957. The van der Waals surface area contributed by atoms with Gasteiger partial charge in [0.15, 0.2) is 11.5 Å². The highest BCUT2D eigenvalue weighted by Crippen LogP contribution is 2.22. The monoisotopic (exact) mass is 302 g/mol. The summed E-state index contributed by atoms with van der Waals surface area (Å²) in [4.78, 5) is 4.47. The minimum atomic E-state index is 0.642. The number of nitrogen functional groups attached to an aromatic ring is 1. The second-order valence-electron chi connectivity index (χ2n) is 4.19. The molecule has 0 aliphatic rings. The maximum Gasteiger partial charge on any atom is 0.182 e. The summed E-state index contributed by atoms with van der Waals surface area (Å²) in [7, 11) is 0. The molecule has 0 aliphatic carbocycles. The predicted molar refractivity (Wildman–Crippen MR) is 75.3 cm³/mol. The van der Waals surface area contributed by atoms with Crippen molar-refractivity contribution in [2.75, 3.05) is 5.73 Å². The first-order valence-electron chi connectivity index (χ1n) is 5.52. The van der Waals surface area contributed by atoms with Gasteiger partial charge in [0.05, 0.1) is 5.69 Å². The van der Waals surface area contributed by atoms with Crippen molar-refractivity contribution >= 4 is 27.3 Å². The summed E-state index contributed by atoms with van der Waals surface area (Å²) in [5, 5.41) is 4.45. The highest BCUT2D eigenvalue weighted by Gasteiger charge is 2.09. The van der Waals surface area contributed by atoms with Crippen molar-refractivity contribution in [2.24, 2.45) is 0 Å². The Morgan fingerprint density at radius 2 is 2.11 bits per heavy atom. The van der Waals surface area contributed by atoms with Crippen molar-refractivity contribution < 1.29 is 0 Å². The molecule has 2 N–H and O–H groups in total. The van der Waals surface area contributed by atoms with E-state index in [0.717, 1.165) is 15.6 Å². The molecular formula is C13H11BrN4. The number of hydrogen-bond acceptors (Lipinski definition) is 3. The third-order valence-electron chi connectivity index (χ3n) is 2.68. The first-order chi connectivity index (χ1) is 8.63. The van der Waals surface area contributed by atoms with Gasteiger partial charge in [-0.3, -0.25) is 0 Å². The fourth-order valence-corrected chi connectivity index (χ4v) is 2.30. The van der Waals surface area contributed by atoms with Crippen LogP contribution in [0.3, 0.4) is 0 Å². The maximum absolute atomic E-state index is 5.95. The predicted octanol–water partition coefficient (Wildman–Crippen LogP) is 3.05. The molecule has 18 heavy (non-hydrogen) atoms. The van der Waals surface area contributed by atoms with Crippen LogP contribution in [-0.4, -0.2) is 14.6 Å². The Kier molecular flexibility index (Phi) is 2.56. The van der Waals surface area contributed by atoms with Crippen molar-refractivity contribution in [3.8, 4) is 11.4 Å². The molecule has 0 saturated heterocycles. The van der Waals surface area contributed by atoms with Crippen LogP contribution in [0.25, 0.3) is 17.0 Å². The third-order valence-corrected chi connectivity index (χ3v) is 3.17. The van der Waals surface area contributed by atoms with E-state index in [1.807, 2.05) is 43.5 Å². The summed E-state index contributed by atoms with van der Waals surface area (Å²) in [5.74, 6) is 0.675. The summed E-state index contributed by atoms with van der Waals surface area (Å²) in [6.45, 7) is 1.98. The average Bonchev–Trinajstić information content (AvgIpc) is 2.73. The van der Waals surface area contributed by atoms with E-state index in [9.17, 15) is 0 Å². The Hall–Kier alpha value is -1.88. The number of pyridine rings is 1. The lowest BCUT2D eigenvalue weighted by Crippen LogP contribution is -1.94. The SMILES string of the molecule is Cc1cc(N)c2nc(-c3cccc(Br)c3)nn2c1. The summed E-state index contributed by atoms with van der Waals surface area (Å²) >= 11 is 3.44. The molecule has 0 fully saturated rings. The van der Waals surface area contributed by atoms with Crippen LogP contribution in [0.15, 0.2) is 41.0 Å². The lowest BCUT2D eigenvalue weighted by Gasteiger charge is -1.97. The van der Waals surface area contributed by atoms with E-state index in [1.54, 1.807) is 4.52 Å². The number of fused-ring (bicyclic) bond motifs is 1. The fourth-order valence-electron chi connectivity index (χ4n) is 1.90. The molecule has 3 rings (SSSR count). The molecule has 1 aromatic carbocycles. The van der Waals surface area contributed by atoms with Gasteiger partial charge in [0, 0.05) is 16.2 Å². The number of benzene rings is 1. The van der Waals surface area contributed by atoms with Crippen LogP contribution >= 0.6 is 15.9 Å². The molecule has 2 aromatic heterocycles. The van der Waals surface area contributed by atoms with Crippen molar-refractivity contribution in [1.29, 1.82) is 0 Å². The molecule has 0 bridgehead atoms. The molecule has 0 amide bonds. The van der Waals surface area contributed by atoms with E-state index in [2.05, 4.69) is 26.0 Å². The minimum Gasteiger partial charge on any atom is -0.396 e. The Morgan fingerprint density at radius 3 is 2.89 bits per heavy atom. The Bertz CT molecular complexity index is 733. The fraction of sp³-hybridized carbons (Fsp3) is 0.0769. The molecule has 3 aromatic rings. The van der Waals surface area contributed by atoms with Crippen LogP contribution in [0.2, 0.25) is 0 Å². The number of halogens is 1. The second-order valence-corrected chi connectivity index (χ2v) is 5.10. The summed E-state index contributed by atoms with van der Waals surface area (Å²) < 4.78 is 2.73. The molecule has 0 saturated carbocycles. The molecular weight excluding hydrogens is 292 g/mol. The highest BCUT2D eigenvalue weighted by atomic mass is 79.9. The number of anilines is 1. The molecule has 0 atom stereocenters. The minimum absolute atomic E-state index is 0.642. The van der Waals surface area contributed by atoms with Crippen LogP contribution in [0, 0.1) is 6.92 Å². The number of nitrogens with zero attached hydrogens (tertiary/aromatic N) is 3. The van der Waals surface area contributed by atoms with Crippen LogP contribution in [0.1, 0.15) is 5.56 Å². The van der Waals surface area contributed by atoms with E-state index >= 15 is 0 Å². The quantitative estimate of drug-likeness (QED) is 0.751. The number of aryl methyl sites for hydroxylation is 1. The van der Waals surface area contributed by atoms with E-state index in [-0.39, 0.29) is 0 Å². The zero-order valence-electron chi connectivity index (χ0n) is 9.76. The van der Waals surface area contributed by atoms with E-state index in [0.29, 0.717) is 17.2 Å². The normalized spacial score (nSPS) is 11.0. The number of nitrogens with two attached hydrogens (primary N) is 1. The molecule has 0 aliphatic heterocycles. The van der Waals surface area contributed by atoms with E-state index < -0.39 is 0 Å². The smallest absolute Gasteiger partial charge is 0.182 e. The number of rotatable bonds is 1. The first kappa shape index (κ1) is 11.2. The van der Waals surface area contributed by atoms with Gasteiger partial charge in [0.25, 0.3) is 0 Å². The Morgan fingerprint density at radius 1 is 1.28 bits per heavy atom. The molecule has 0 radical (unpaired) electrons. The Balaban J connectivity index is 2.22. The van der Waals surface area contributed by atoms with Crippen molar-refractivity contribution in [3.63, 3.8) is 0 Å².